The number of nitrogens with zero attached hydrogens (tertiary/aromatic N) is 1. The molecule has 6 nitrogen and oxygen atoms in total. The molecule has 0 spiro atoms. The number of amides is 1. The number of rotatable bonds is 7. The van der Waals surface area contributed by atoms with Gasteiger partial charge in [-0.2, -0.15) is 0 Å². The van der Waals surface area contributed by atoms with Crippen LogP contribution in [0.5, 0.6) is 11.5 Å². The number of benzene rings is 1. The average Bonchev–Trinajstić information content (AvgIpc) is 2.49. The first-order valence-electron chi connectivity index (χ1n) is 7.62. The molecule has 0 atom stereocenters. The van der Waals surface area contributed by atoms with Gasteiger partial charge in [0.25, 0.3) is 0 Å². The van der Waals surface area contributed by atoms with Crippen molar-refractivity contribution in [3.63, 3.8) is 0 Å². The van der Waals surface area contributed by atoms with Gasteiger partial charge in [0, 0.05) is 38.3 Å². The summed E-state index contributed by atoms with van der Waals surface area (Å²) in [5, 5.41) is 3.29. The number of hydrogen-bond acceptors (Lipinski definition) is 5. The number of hydrogen-bond donors (Lipinski definition) is 1. The minimum absolute atomic E-state index is 0.318. The van der Waals surface area contributed by atoms with E-state index in [4.69, 9.17) is 14.2 Å². The third kappa shape index (κ3) is 6.78. The zero-order valence-corrected chi connectivity index (χ0v) is 14.9. The van der Waals surface area contributed by atoms with E-state index in [0.29, 0.717) is 19.6 Å². The van der Waals surface area contributed by atoms with Crippen LogP contribution < -0.4 is 14.8 Å². The highest BCUT2D eigenvalue weighted by Crippen LogP contribution is 2.24. The highest BCUT2D eigenvalue weighted by molar-refractivity contribution is 5.67. The molecular formula is C17H28N2O4. The monoisotopic (exact) mass is 324 g/mol. The van der Waals surface area contributed by atoms with Crippen molar-refractivity contribution in [2.24, 2.45) is 0 Å². The van der Waals surface area contributed by atoms with Gasteiger partial charge in [-0.05, 0) is 26.8 Å². The minimum atomic E-state index is -0.477. The molecule has 0 radical (unpaired) electrons. The van der Waals surface area contributed by atoms with Crippen molar-refractivity contribution in [2.75, 3.05) is 34.4 Å². The summed E-state index contributed by atoms with van der Waals surface area (Å²) in [6.07, 6.45) is -0.318. The summed E-state index contributed by atoms with van der Waals surface area (Å²) in [6.45, 7) is 7.43. The van der Waals surface area contributed by atoms with E-state index in [0.717, 1.165) is 17.1 Å². The molecule has 1 rings (SSSR count). The molecule has 0 aromatic heterocycles. The second kappa shape index (κ2) is 8.62. The molecule has 0 fully saturated rings. The average molecular weight is 324 g/mol. The Morgan fingerprint density at radius 3 is 2.48 bits per heavy atom. The number of carbonyl (C=O) groups excluding carboxylic acids is 1. The molecule has 0 bridgehead atoms. The fraction of sp³-hybridized carbons (Fsp3) is 0.588. The Morgan fingerprint density at radius 2 is 1.91 bits per heavy atom. The van der Waals surface area contributed by atoms with Gasteiger partial charge >= 0.3 is 6.09 Å². The Morgan fingerprint density at radius 1 is 1.22 bits per heavy atom. The first-order chi connectivity index (χ1) is 10.8. The number of likely N-dealkylation sites (N-methyl/N-ethyl adjacent to an activating group) is 1. The summed E-state index contributed by atoms with van der Waals surface area (Å²) in [5.74, 6) is 1.53. The van der Waals surface area contributed by atoms with Crippen LogP contribution in [0.1, 0.15) is 26.3 Å². The van der Waals surface area contributed by atoms with E-state index < -0.39 is 5.60 Å². The normalized spacial score (nSPS) is 11.0. The zero-order chi connectivity index (χ0) is 17.5. The molecule has 0 aliphatic carbocycles. The molecule has 0 unspecified atom stereocenters. The smallest absolute Gasteiger partial charge is 0.410 e. The predicted molar refractivity (Wildman–Crippen MR) is 90.1 cm³/mol. The predicted octanol–water partition coefficient (Wildman–Crippen LogP) is 2.66. The summed E-state index contributed by atoms with van der Waals surface area (Å²) in [7, 11) is 4.98. The molecular weight excluding hydrogens is 296 g/mol. The Bertz CT molecular complexity index is 512. The van der Waals surface area contributed by atoms with E-state index in [9.17, 15) is 4.79 Å². The van der Waals surface area contributed by atoms with Gasteiger partial charge in [-0.1, -0.05) is 6.07 Å². The van der Waals surface area contributed by atoms with E-state index in [1.165, 1.54) is 0 Å². The van der Waals surface area contributed by atoms with Crippen LogP contribution in [0.3, 0.4) is 0 Å². The summed E-state index contributed by atoms with van der Waals surface area (Å²) in [4.78, 5) is 13.4. The van der Waals surface area contributed by atoms with Crippen LogP contribution in [0.2, 0.25) is 0 Å². The highest BCUT2D eigenvalue weighted by atomic mass is 16.6. The molecule has 130 valence electrons. The molecule has 6 heteroatoms. The topological polar surface area (TPSA) is 60.0 Å². The maximum Gasteiger partial charge on any atom is 0.410 e. The first-order valence-corrected chi connectivity index (χ1v) is 7.62. The minimum Gasteiger partial charge on any atom is -0.497 e. The molecule has 0 saturated heterocycles. The van der Waals surface area contributed by atoms with E-state index in [-0.39, 0.29) is 6.09 Å². The lowest BCUT2D eigenvalue weighted by molar-refractivity contribution is 0.0300. The van der Waals surface area contributed by atoms with Gasteiger partial charge < -0.3 is 24.4 Å². The van der Waals surface area contributed by atoms with E-state index in [2.05, 4.69) is 5.32 Å². The number of ether oxygens (including phenoxy) is 3. The largest absolute Gasteiger partial charge is 0.497 e. The Kier molecular flexibility index (Phi) is 7.16. The van der Waals surface area contributed by atoms with Gasteiger partial charge in [-0.25, -0.2) is 4.79 Å². The van der Waals surface area contributed by atoms with Crippen LogP contribution in [0.25, 0.3) is 0 Å². The van der Waals surface area contributed by atoms with Crippen molar-refractivity contribution in [1.82, 2.24) is 10.2 Å². The fourth-order valence-corrected chi connectivity index (χ4v) is 1.90. The van der Waals surface area contributed by atoms with E-state index in [1.807, 2.05) is 39.0 Å². The summed E-state index contributed by atoms with van der Waals surface area (Å²) >= 11 is 0. The van der Waals surface area contributed by atoms with Crippen molar-refractivity contribution in [3.05, 3.63) is 23.8 Å². The van der Waals surface area contributed by atoms with Crippen LogP contribution in [0, 0.1) is 0 Å². The Hall–Kier alpha value is -1.95. The molecule has 1 aromatic carbocycles. The number of methoxy groups -OCH3 is 2. The third-order valence-electron chi connectivity index (χ3n) is 3.14. The second-order valence-corrected chi connectivity index (χ2v) is 6.26. The molecule has 0 aliphatic rings. The standard InChI is InChI=1S/C17H28N2O4/c1-17(2,3)23-16(20)19(4)10-9-18-12-13-7-8-14(21-5)11-15(13)22-6/h7-8,11,18H,9-10,12H2,1-6H3. The number of nitrogens with one attached hydrogen (secondary N) is 1. The van der Waals surface area contributed by atoms with Gasteiger partial charge in [0.2, 0.25) is 0 Å². The fourth-order valence-electron chi connectivity index (χ4n) is 1.90. The molecule has 1 N–H and O–H groups in total. The Balaban J connectivity index is 2.41. The van der Waals surface area contributed by atoms with Crippen molar-refractivity contribution in [1.29, 1.82) is 0 Å². The van der Waals surface area contributed by atoms with Gasteiger partial charge in [0.1, 0.15) is 17.1 Å². The summed E-state index contributed by atoms with van der Waals surface area (Å²) in [6, 6.07) is 5.71. The maximum absolute atomic E-state index is 11.8. The van der Waals surface area contributed by atoms with Crippen molar-refractivity contribution in [3.8, 4) is 11.5 Å². The van der Waals surface area contributed by atoms with Crippen LogP contribution >= 0.6 is 0 Å². The van der Waals surface area contributed by atoms with Crippen LogP contribution in [-0.4, -0.2) is 51.0 Å². The van der Waals surface area contributed by atoms with Crippen LogP contribution in [0.4, 0.5) is 4.79 Å². The maximum atomic E-state index is 11.8. The van der Waals surface area contributed by atoms with Crippen molar-refractivity contribution >= 4 is 6.09 Å². The van der Waals surface area contributed by atoms with Gasteiger partial charge in [-0.15, -0.1) is 0 Å². The lowest BCUT2D eigenvalue weighted by Crippen LogP contribution is -2.37. The van der Waals surface area contributed by atoms with Crippen LogP contribution in [0.15, 0.2) is 18.2 Å². The molecule has 0 aliphatic heterocycles. The van der Waals surface area contributed by atoms with Gasteiger partial charge in [0.05, 0.1) is 14.2 Å². The zero-order valence-electron chi connectivity index (χ0n) is 14.9. The molecule has 23 heavy (non-hydrogen) atoms. The third-order valence-corrected chi connectivity index (χ3v) is 3.14. The quantitative estimate of drug-likeness (QED) is 0.781. The lowest BCUT2D eigenvalue weighted by atomic mass is 10.2. The molecule has 0 heterocycles. The van der Waals surface area contributed by atoms with E-state index >= 15 is 0 Å². The van der Waals surface area contributed by atoms with Gasteiger partial charge in [0.15, 0.2) is 0 Å². The van der Waals surface area contributed by atoms with Crippen molar-refractivity contribution < 1.29 is 19.0 Å². The Labute approximate surface area is 138 Å². The summed E-state index contributed by atoms with van der Waals surface area (Å²) < 4.78 is 15.8. The molecule has 1 aromatic rings. The second-order valence-electron chi connectivity index (χ2n) is 6.26. The van der Waals surface area contributed by atoms with E-state index in [1.54, 1.807) is 26.2 Å². The number of carbonyl (C=O) groups is 1. The SMILES string of the molecule is COc1ccc(CNCCN(C)C(=O)OC(C)(C)C)c(OC)c1. The summed E-state index contributed by atoms with van der Waals surface area (Å²) in [5.41, 5.74) is 0.558. The molecule has 0 saturated carbocycles. The lowest BCUT2D eigenvalue weighted by Gasteiger charge is -2.24. The highest BCUT2D eigenvalue weighted by Gasteiger charge is 2.19. The van der Waals surface area contributed by atoms with Crippen LogP contribution in [-0.2, 0) is 11.3 Å². The van der Waals surface area contributed by atoms with Crippen molar-refractivity contribution in [2.45, 2.75) is 32.9 Å². The first kappa shape index (κ1) is 19.1. The molecule has 1 amide bonds. The van der Waals surface area contributed by atoms with Gasteiger partial charge in [-0.3, -0.25) is 0 Å².